The van der Waals surface area contributed by atoms with Crippen LogP contribution in [0.3, 0.4) is 0 Å². The highest BCUT2D eigenvalue weighted by Crippen LogP contribution is 2.43. The van der Waals surface area contributed by atoms with Crippen molar-refractivity contribution in [2.24, 2.45) is 11.8 Å². The molecule has 4 fully saturated rings. The maximum atomic E-state index is 12.6. The minimum Gasteiger partial charge on any atom is -0.459 e. The van der Waals surface area contributed by atoms with E-state index in [4.69, 9.17) is 18.9 Å². The van der Waals surface area contributed by atoms with Gasteiger partial charge in [-0.3, -0.25) is 14.4 Å². The number of aliphatic hydroxyl groups is 1. The number of epoxide rings is 1. The molecule has 0 unspecified atom stereocenters. The van der Waals surface area contributed by atoms with Crippen LogP contribution in [0, 0.1) is 11.8 Å². The molecule has 1 spiro atoms. The Labute approximate surface area is 249 Å². The highest BCUT2D eigenvalue weighted by atomic mass is 16.6. The van der Waals surface area contributed by atoms with Crippen LogP contribution in [-0.2, 0) is 33.3 Å². The summed E-state index contributed by atoms with van der Waals surface area (Å²) in [7, 11) is 0. The van der Waals surface area contributed by atoms with E-state index in [-0.39, 0.29) is 42.1 Å². The number of likely N-dealkylation sites (tertiary alicyclic amines) is 1. The van der Waals surface area contributed by atoms with Crippen molar-refractivity contribution in [1.82, 2.24) is 10.2 Å². The molecule has 0 aromatic rings. The number of nitrogens with zero attached hydrogens (tertiary/aromatic N) is 1. The molecule has 4 heterocycles. The molecule has 4 saturated heterocycles. The predicted molar refractivity (Wildman–Crippen MR) is 156 cm³/mol. The fourth-order valence-corrected chi connectivity index (χ4v) is 6.11. The van der Waals surface area contributed by atoms with Gasteiger partial charge in [-0.2, -0.15) is 0 Å². The van der Waals surface area contributed by atoms with Gasteiger partial charge in [0.25, 0.3) is 0 Å². The third-order valence-electron chi connectivity index (χ3n) is 8.74. The number of ether oxygens (including phenoxy) is 4. The van der Waals surface area contributed by atoms with Crippen molar-refractivity contribution in [3.63, 3.8) is 0 Å². The molecule has 0 bridgehead atoms. The van der Waals surface area contributed by atoms with Crippen LogP contribution >= 0.6 is 0 Å². The molecule has 0 aromatic heterocycles. The largest absolute Gasteiger partial charge is 0.459 e. The van der Waals surface area contributed by atoms with Crippen LogP contribution < -0.4 is 5.32 Å². The van der Waals surface area contributed by atoms with Gasteiger partial charge in [0.05, 0.1) is 37.4 Å². The van der Waals surface area contributed by atoms with Crippen molar-refractivity contribution < 1.29 is 38.4 Å². The smallest absolute Gasteiger partial charge is 0.303 e. The first-order chi connectivity index (χ1) is 19.8. The average Bonchev–Trinajstić information content (AvgIpc) is 3.67. The van der Waals surface area contributed by atoms with E-state index in [1.165, 1.54) is 13.0 Å². The standard InChI is InChI=1S/C32H48N2O8/c1-19(7-10-27-21(3)13-26(23(5)41-27)33-29(36)12-9-22(4)40-24(6)35)8-11-28-31(38)32(18-39-32)15-25(42-28)14-30(37)34-16-20(2)17-34/h7-9,11-12,20-23,25-28,31,38H,10,13-18H2,1-6H3,(H,33,36)/b11-8+,12-9-,19-7+/t21-,22-,23+,25+,26+,27-,28+,31+,32+/m0/s1. The lowest BCUT2D eigenvalue weighted by Crippen LogP contribution is -2.53. The lowest BCUT2D eigenvalue weighted by Gasteiger charge is -2.40. The van der Waals surface area contributed by atoms with Crippen molar-refractivity contribution in [3.8, 4) is 0 Å². The van der Waals surface area contributed by atoms with Crippen molar-refractivity contribution >= 4 is 17.8 Å². The molecule has 4 aliphatic rings. The summed E-state index contributed by atoms with van der Waals surface area (Å²) in [5.41, 5.74) is 0.414. The van der Waals surface area contributed by atoms with Gasteiger partial charge >= 0.3 is 5.97 Å². The van der Waals surface area contributed by atoms with E-state index >= 15 is 0 Å². The molecule has 42 heavy (non-hydrogen) atoms. The summed E-state index contributed by atoms with van der Waals surface area (Å²) < 4.78 is 23.1. The van der Waals surface area contributed by atoms with E-state index in [1.807, 2.05) is 30.9 Å². The van der Waals surface area contributed by atoms with Gasteiger partial charge in [0.1, 0.15) is 23.9 Å². The predicted octanol–water partition coefficient (Wildman–Crippen LogP) is 2.84. The number of carbonyl (C=O) groups is 3. The van der Waals surface area contributed by atoms with Crippen LogP contribution in [0.4, 0.5) is 0 Å². The fourth-order valence-electron chi connectivity index (χ4n) is 6.11. The van der Waals surface area contributed by atoms with Crippen LogP contribution in [0.2, 0.25) is 0 Å². The van der Waals surface area contributed by atoms with E-state index in [0.717, 1.165) is 25.1 Å². The lowest BCUT2D eigenvalue weighted by molar-refractivity contribution is -0.155. The van der Waals surface area contributed by atoms with Crippen molar-refractivity contribution in [1.29, 1.82) is 0 Å². The topological polar surface area (TPSA) is 127 Å². The molecule has 2 amide bonds. The number of carbonyl (C=O) groups excluding carboxylic acids is 3. The van der Waals surface area contributed by atoms with Gasteiger partial charge < -0.3 is 34.3 Å². The molecule has 0 aliphatic carbocycles. The van der Waals surface area contributed by atoms with Crippen molar-refractivity contribution in [2.75, 3.05) is 19.7 Å². The number of hydrogen-bond donors (Lipinski definition) is 2. The van der Waals surface area contributed by atoms with E-state index < -0.39 is 29.9 Å². The molecule has 10 heteroatoms. The number of esters is 1. The second-order valence-electron chi connectivity index (χ2n) is 12.8. The summed E-state index contributed by atoms with van der Waals surface area (Å²) >= 11 is 0. The van der Waals surface area contributed by atoms with Gasteiger partial charge in [-0.1, -0.05) is 37.6 Å². The Morgan fingerprint density at radius 3 is 2.50 bits per heavy atom. The summed E-state index contributed by atoms with van der Waals surface area (Å²) in [4.78, 5) is 37.9. The van der Waals surface area contributed by atoms with Gasteiger partial charge in [0, 0.05) is 32.5 Å². The van der Waals surface area contributed by atoms with Gasteiger partial charge in [-0.15, -0.1) is 0 Å². The van der Waals surface area contributed by atoms with E-state index in [9.17, 15) is 19.5 Å². The highest BCUT2D eigenvalue weighted by molar-refractivity contribution is 5.87. The van der Waals surface area contributed by atoms with E-state index in [0.29, 0.717) is 31.8 Å². The summed E-state index contributed by atoms with van der Waals surface area (Å²) in [6, 6.07) is -0.117. The Hall–Kier alpha value is -2.53. The quantitative estimate of drug-likeness (QED) is 0.173. The third kappa shape index (κ3) is 8.52. The Morgan fingerprint density at radius 1 is 1.14 bits per heavy atom. The first-order valence-corrected chi connectivity index (χ1v) is 15.3. The van der Waals surface area contributed by atoms with Crippen LogP contribution in [0.1, 0.15) is 67.2 Å². The zero-order valence-electron chi connectivity index (χ0n) is 25.8. The normalized spacial score (nSPS) is 36.2. The van der Waals surface area contributed by atoms with Crippen LogP contribution in [0.5, 0.6) is 0 Å². The molecule has 234 valence electrons. The highest BCUT2D eigenvalue weighted by Gasteiger charge is 2.58. The minimum atomic E-state index is -0.772. The number of nitrogens with one attached hydrogen (secondary N) is 1. The summed E-state index contributed by atoms with van der Waals surface area (Å²) in [5, 5.41) is 13.9. The number of amides is 2. The maximum Gasteiger partial charge on any atom is 0.303 e. The summed E-state index contributed by atoms with van der Waals surface area (Å²) in [6.45, 7) is 13.4. The van der Waals surface area contributed by atoms with Gasteiger partial charge in [0.15, 0.2) is 0 Å². The number of rotatable bonds is 10. The zero-order chi connectivity index (χ0) is 30.6. The van der Waals surface area contributed by atoms with Gasteiger partial charge in [0.2, 0.25) is 11.8 Å². The summed E-state index contributed by atoms with van der Waals surface area (Å²) in [5.74, 6) is 0.250. The van der Waals surface area contributed by atoms with Crippen molar-refractivity contribution in [3.05, 3.63) is 36.0 Å². The first kappa shape index (κ1) is 32.4. The Kier molecular flexibility index (Phi) is 10.7. The molecule has 4 rings (SSSR count). The monoisotopic (exact) mass is 588 g/mol. The molecule has 0 aromatic carbocycles. The summed E-state index contributed by atoms with van der Waals surface area (Å²) in [6.07, 6.45) is 9.03. The Morgan fingerprint density at radius 2 is 1.86 bits per heavy atom. The van der Waals surface area contributed by atoms with Gasteiger partial charge in [-0.25, -0.2) is 0 Å². The second kappa shape index (κ2) is 13.8. The van der Waals surface area contributed by atoms with E-state index in [2.05, 4.69) is 25.2 Å². The first-order valence-electron chi connectivity index (χ1n) is 15.3. The maximum absolute atomic E-state index is 12.6. The van der Waals surface area contributed by atoms with Crippen LogP contribution in [-0.4, -0.2) is 95.8 Å². The Bertz CT molecular complexity index is 1080. The molecule has 2 N–H and O–H groups in total. The zero-order valence-corrected chi connectivity index (χ0v) is 25.8. The second-order valence-corrected chi connectivity index (χ2v) is 12.8. The van der Waals surface area contributed by atoms with Crippen molar-refractivity contribution in [2.45, 2.75) is 115 Å². The molecular weight excluding hydrogens is 540 g/mol. The fraction of sp³-hybridized carbons (Fsp3) is 0.719. The molecule has 0 saturated carbocycles. The molecule has 4 aliphatic heterocycles. The number of hydrogen-bond acceptors (Lipinski definition) is 8. The Balaban J connectivity index is 1.25. The SMILES string of the molecule is CC(=O)O[C@@H](C)/C=C\C(=O)N[C@@H]1C[C@H](C)[C@H](C/C=C(C)/C=C/[C@H]2O[C@H](CC(=O)N3CC(C)C3)C[C@@]3(CO3)[C@@H]2O)O[C@@H]1C. The molecule has 0 radical (unpaired) electrons. The number of aliphatic hydroxyl groups excluding tert-OH is 1. The number of allylic oxidation sites excluding steroid dienone is 2. The van der Waals surface area contributed by atoms with Gasteiger partial charge in [-0.05, 0) is 51.5 Å². The third-order valence-corrected chi connectivity index (χ3v) is 8.74. The van der Waals surface area contributed by atoms with Crippen LogP contribution in [0.15, 0.2) is 36.0 Å². The molecule has 9 atom stereocenters. The van der Waals surface area contributed by atoms with E-state index in [1.54, 1.807) is 13.0 Å². The lowest BCUT2D eigenvalue weighted by atomic mass is 9.87. The minimum absolute atomic E-state index is 0.00954. The molecular formula is C32H48N2O8. The average molecular weight is 589 g/mol. The molecule has 10 nitrogen and oxygen atoms in total. The van der Waals surface area contributed by atoms with Crippen LogP contribution in [0.25, 0.3) is 0 Å².